The van der Waals surface area contributed by atoms with Gasteiger partial charge in [0.1, 0.15) is 0 Å². The predicted octanol–water partition coefficient (Wildman–Crippen LogP) is 4.07. The molecule has 1 aromatic heterocycles. The zero-order valence-corrected chi connectivity index (χ0v) is 20.6. The highest BCUT2D eigenvalue weighted by Crippen LogP contribution is 2.41. The third kappa shape index (κ3) is 3.60. The van der Waals surface area contributed by atoms with Crippen LogP contribution in [0.2, 0.25) is 0 Å². The van der Waals surface area contributed by atoms with Crippen LogP contribution in [0, 0.1) is 0 Å². The lowest BCUT2D eigenvalue weighted by molar-refractivity contribution is 0.0142. The van der Waals surface area contributed by atoms with Crippen LogP contribution in [-0.2, 0) is 12.8 Å². The van der Waals surface area contributed by atoms with Crippen LogP contribution in [-0.4, -0.2) is 67.8 Å². The van der Waals surface area contributed by atoms with Gasteiger partial charge >= 0.3 is 0 Å². The second-order valence-corrected chi connectivity index (χ2v) is 10.0. The van der Waals surface area contributed by atoms with E-state index in [2.05, 4.69) is 63.4 Å². The molecular formula is C28H36N4O2. The van der Waals surface area contributed by atoms with Crippen LogP contribution < -0.4 is 14.8 Å². The van der Waals surface area contributed by atoms with Crippen LogP contribution in [0.5, 0.6) is 11.5 Å². The molecule has 3 aliphatic heterocycles. The van der Waals surface area contributed by atoms with Gasteiger partial charge in [-0.05, 0) is 60.7 Å². The van der Waals surface area contributed by atoms with Gasteiger partial charge in [0, 0.05) is 54.9 Å². The van der Waals surface area contributed by atoms with Crippen molar-refractivity contribution in [2.45, 2.75) is 44.3 Å². The summed E-state index contributed by atoms with van der Waals surface area (Å²) >= 11 is 0. The molecule has 0 radical (unpaired) electrons. The van der Waals surface area contributed by atoms with E-state index in [9.17, 15) is 0 Å². The van der Waals surface area contributed by atoms with E-state index in [0.717, 1.165) is 57.1 Å². The van der Waals surface area contributed by atoms with Crippen LogP contribution in [0.15, 0.2) is 36.4 Å². The lowest BCUT2D eigenvalue weighted by atomic mass is 9.88. The first-order valence-electron chi connectivity index (χ1n) is 12.8. The Labute approximate surface area is 202 Å². The Bertz CT molecular complexity index is 1190. The smallest absolute Gasteiger partial charge is 0.161 e. The Balaban J connectivity index is 1.30. The summed E-state index contributed by atoms with van der Waals surface area (Å²) in [5.74, 6) is 1.68. The molecule has 0 bridgehead atoms. The van der Waals surface area contributed by atoms with E-state index in [1.807, 2.05) is 0 Å². The molecule has 2 aromatic carbocycles. The van der Waals surface area contributed by atoms with Crippen molar-refractivity contribution >= 4 is 10.9 Å². The molecule has 6 rings (SSSR count). The highest BCUT2D eigenvalue weighted by Gasteiger charge is 2.39. The second kappa shape index (κ2) is 8.91. The maximum atomic E-state index is 5.67. The molecule has 0 aliphatic carbocycles. The Morgan fingerprint density at radius 2 is 1.85 bits per heavy atom. The lowest BCUT2D eigenvalue weighted by Gasteiger charge is -2.50. The standard InChI is InChI=1S/C28H36N4O2/c1-4-19-15-31-12-10-18-13-26(33-2)27(34-3)14-22(18)25(31)17-32(19)16-24-28-21(9-11-29-24)20-7-5-6-8-23(20)30-28/h5-8,13-14,19,24-25,29-30H,4,9-12,15-17H2,1-3H3/t19-,24+,25-/m0/s1. The van der Waals surface area contributed by atoms with Gasteiger partial charge in [-0.15, -0.1) is 0 Å². The number of hydrogen-bond acceptors (Lipinski definition) is 5. The van der Waals surface area contributed by atoms with E-state index in [4.69, 9.17) is 9.47 Å². The first-order valence-corrected chi connectivity index (χ1v) is 12.8. The number of nitrogens with zero attached hydrogens (tertiary/aromatic N) is 2. The van der Waals surface area contributed by atoms with E-state index in [1.54, 1.807) is 14.2 Å². The van der Waals surface area contributed by atoms with Crippen LogP contribution in [0.1, 0.15) is 47.8 Å². The first kappa shape index (κ1) is 22.0. The van der Waals surface area contributed by atoms with Gasteiger partial charge in [-0.2, -0.15) is 0 Å². The second-order valence-electron chi connectivity index (χ2n) is 10.0. The molecule has 6 heteroatoms. The Morgan fingerprint density at radius 1 is 1.03 bits per heavy atom. The number of piperazine rings is 1. The molecule has 0 amide bonds. The summed E-state index contributed by atoms with van der Waals surface area (Å²) in [6.07, 6.45) is 3.35. The number of aromatic nitrogens is 1. The number of nitrogens with one attached hydrogen (secondary N) is 2. The fourth-order valence-electron chi connectivity index (χ4n) is 6.53. The average Bonchev–Trinajstić information content (AvgIpc) is 3.27. The molecule has 6 nitrogen and oxygen atoms in total. The van der Waals surface area contributed by atoms with Crippen LogP contribution >= 0.6 is 0 Å². The summed E-state index contributed by atoms with van der Waals surface area (Å²) in [6.45, 7) is 7.71. The van der Waals surface area contributed by atoms with Gasteiger partial charge in [0.25, 0.3) is 0 Å². The van der Waals surface area contributed by atoms with E-state index >= 15 is 0 Å². The number of H-pyrrole nitrogens is 1. The normalized spacial score (nSPS) is 25.0. The van der Waals surface area contributed by atoms with Gasteiger partial charge in [-0.1, -0.05) is 25.1 Å². The van der Waals surface area contributed by atoms with E-state index in [0.29, 0.717) is 18.1 Å². The van der Waals surface area contributed by atoms with E-state index < -0.39 is 0 Å². The number of para-hydroxylation sites is 1. The molecule has 180 valence electrons. The van der Waals surface area contributed by atoms with Crippen LogP contribution in [0.4, 0.5) is 0 Å². The Hall–Kier alpha value is -2.54. The lowest BCUT2D eigenvalue weighted by Crippen LogP contribution is -2.57. The molecule has 1 fully saturated rings. The summed E-state index contributed by atoms with van der Waals surface area (Å²) in [7, 11) is 3.46. The summed E-state index contributed by atoms with van der Waals surface area (Å²) in [4.78, 5) is 9.20. The maximum absolute atomic E-state index is 5.67. The molecular weight excluding hydrogens is 424 g/mol. The number of rotatable bonds is 5. The number of fused-ring (bicyclic) bond motifs is 6. The third-order valence-electron chi connectivity index (χ3n) is 8.33. The largest absolute Gasteiger partial charge is 0.493 e. The average molecular weight is 461 g/mol. The van der Waals surface area contributed by atoms with Crippen LogP contribution in [0.3, 0.4) is 0 Å². The number of hydrogen-bond donors (Lipinski definition) is 2. The monoisotopic (exact) mass is 460 g/mol. The Kier molecular flexibility index (Phi) is 5.76. The molecule has 1 saturated heterocycles. The summed E-state index contributed by atoms with van der Waals surface area (Å²) < 4.78 is 11.3. The van der Waals surface area contributed by atoms with E-state index in [-0.39, 0.29) is 0 Å². The molecule has 0 saturated carbocycles. The molecule has 3 aliphatic rings. The van der Waals surface area contributed by atoms with Crippen molar-refractivity contribution < 1.29 is 9.47 Å². The number of ether oxygens (including phenoxy) is 2. The predicted molar refractivity (Wildman–Crippen MR) is 136 cm³/mol. The minimum absolute atomic E-state index is 0.338. The number of aromatic amines is 1. The van der Waals surface area contributed by atoms with E-state index in [1.165, 1.54) is 39.7 Å². The maximum Gasteiger partial charge on any atom is 0.161 e. The molecule has 2 N–H and O–H groups in total. The highest BCUT2D eigenvalue weighted by atomic mass is 16.5. The molecule has 3 atom stereocenters. The SMILES string of the molecule is CC[C@H]1CN2CCc3cc(OC)c(OC)cc3[C@@H]2CN1C[C@H]1NCCc2c1[nH]c1ccccc21. The van der Waals surface area contributed by atoms with Gasteiger partial charge in [0.15, 0.2) is 11.5 Å². The van der Waals surface area contributed by atoms with Gasteiger partial charge in [0.05, 0.1) is 20.3 Å². The third-order valence-corrected chi connectivity index (χ3v) is 8.33. The summed E-state index contributed by atoms with van der Waals surface area (Å²) in [6, 6.07) is 14.5. The highest BCUT2D eigenvalue weighted by molar-refractivity contribution is 5.85. The molecule has 0 spiro atoms. The van der Waals surface area contributed by atoms with Crippen molar-refractivity contribution in [2.24, 2.45) is 0 Å². The first-order chi connectivity index (χ1) is 16.7. The van der Waals surface area contributed by atoms with Crippen molar-refractivity contribution in [2.75, 3.05) is 46.9 Å². The van der Waals surface area contributed by atoms with Gasteiger partial charge in [-0.25, -0.2) is 0 Å². The fraction of sp³-hybridized carbons (Fsp3) is 0.500. The molecule has 3 aromatic rings. The topological polar surface area (TPSA) is 52.8 Å². The fourth-order valence-corrected chi connectivity index (χ4v) is 6.53. The van der Waals surface area contributed by atoms with Crippen molar-refractivity contribution in [3.63, 3.8) is 0 Å². The minimum atomic E-state index is 0.338. The van der Waals surface area contributed by atoms with Crippen LogP contribution in [0.25, 0.3) is 10.9 Å². The zero-order chi connectivity index (χ0) is 23.2. The summed E-state index contributed by atoms with van der Waals surface area (Å²) in [5.41, 5.74) is 6.97. The zero-order valence-electron chi connectivity index (χ0n) is 20.6. The summed E-state index contributed by atoms with van der Waals surface area (Å²) in [5, 5.41) is 5.22. The molecule has 34 heavy (non-hydrogen) atoms. The van der Waals surface area contributed by atoms with Crippen molar-refractivity contribution in [3.05, 3.63) is 58.8 Å². The van der Waals surface area contributed by atoms with Crippen molar-refractivity contribution in [1.29, 1.82) is 0 Å². The molecule has 4 heterocycles. The molecule has 0 unspecified atom stereocenters. The van der Waals surface area contributed by atoms with Crippen molar-refractivity contribution in [1.82, 2.24) is 20.1 Å². The van der Waals surface area contributed by atoms with Gasteiger partial charge < -0.3 is 19.8 Å². The number of benzene rings is 2. The quantitative estimate of drug-likeness (QED) is 0.601. The van der Waals surface area contributed by atoms with Gasteiger partial charge in [-0.3, -0.25) is 9.80 Å². The minimum Gasteiger partial charge on any atom is -0.493 e. The number of methoxy groups -OCH3 is 2. The Morgan fingerprint density at radius 3 is 2.68 bits per heavy atom. The van der Waals surface area contributed by atoms with Gasteiger partial charge in [0.2, 0.25) is 0 Å². The van der Waals surface area contributed by atoms with Crippen molar-refractivity contribution in [3.8, 4) is 11.5 Å².